The maximum absolute atomic E-state index is 14.2. The summed E-state index contributed by atoms with van der Waals surface area (Å²) in [5, 5.41) is 9.92. The number of carbonyl (C=O) groups is 4. The van der Waals surface area contributed by atoms with Crippen molar-refractivity contribution >= 4 is 42.8 Å². The first-order chi connectivity index (χ1) is 23.4. The molecule has 2 aliphatic rings. The summed E-state index contributed by atoms with van der Waals surface area (Å²) < 4.78 is 7.82. The van der Waals surface area contributed by atoms with Crippen LogP contribution in [0.5, 0.6) is 0 Å². The van der Waals surface area contributed by atoms with E-state index in [0.29, 0.717) is 32.2 Å². The molecule has 12 heteroatoms. The number of carbonyl (C=O) groups excluding carboxylic acids is 4. The number of fused-ring (bicyclic) bond motifs is 2. The van der Waals surface area contributed by atoms with E-state index in [2.05, 4.69) is 35.6 Å². The number of unbranched alkanes of at least 4 members (excludes halogenated alkanes) is 2. The molecule has 1 unspecified atom stereocenters. The number of amides is 4. The highest BCUT2D eigenvalue weighted by molar-refractivity contribution is 6.70. The minimum absolute atomic E-state index is 0.173. The Balaban J connectivity index is 1.61. The summed E-state index contributed by atoms with van der Waals surface area (Å²) in [5.41, 5.74) is 1.65. The molecule has 270 valence electrons. The smallest absolute Gasteiger partial charge is 0.246 e. The molecule has 11 nitrogen and oxygen atoms in total. The lowest BCUT2D eigenvalue weighted by Crippen LogP contribution is -2.64. The van der Waals surface area contributed by atoms with Gasteiger partial charge in [0.25, 0.3) is 0 Å². The summed E-state index contributed by atoms with van der Waals surface area (Å²) in [5.74, 6) is -0.582. The van der Waals surface area contributed by atoms with Crippen LogP contribution in [0.15, 0.2) is 42.3 Å². The van der Waals surface area contributed by atoms with Crippen LogP contribution in [0.2, 0.25) is 19.6 Å². The monoisotopic (exact) mass is 695 g/mol. The number of allylic oxidation sites excluding steroid dienone is 2. The number of nitrogens with zero attached hydrogens (tertiary/aromatic N) is 2. The number of rotatable bonds is 13. The number of hydrogen-bond donors (Lipinski definition) is 3. The summed E-state index contributed by atoms with van der Waals surface area (Å²) in [7, 11) is -0.135. The Morgan fingerprint density at radius 1 is 0.980 bits per heavy atom. The number of piperidine rings is 1. The van der Waals surface area contributed by atoms with Crippen LogP contribution in [0.4, 0.5) is 0 Å². The molecule has 3 heterocycles. The van der Waals surface area contributed by atoms with Crippen molar-refractivity contribution < 1.29 is 28.4 Å². The molecule has 4 amide bonds. The van der Waals surface area contributed by atoms with Gasteiger partial charge in [-0.2, -0.15) is 4.73 Å². The number of hydrogen-bond acceptors (Lipinski definition) is 6. The van der Waals surface area contributed by atoms with Gasteiger partial charge in [0.1, 0.15) is 31.3 Å². The lowest BCUT2D eigenvalue weighted by molar-refractivity contribution is -0.147. The summed E-state index contributed by atoms with van der Waals surface area (Å²) >= 11 is 0. The number of nitrogens with one attached hydrogen (secondary N) is 3. The lowest BCUT2D eigenvalue weighted by Gasteiger charge is -2.39. The van der Waals surface area contributed by atoms with Gasteiger partial charge in [0.2, 0.25) is 31.9 Å². The van der Waals surface area contributed by atoms with Gasteiger partial charge in [0.15, 0.2) is 0 Å². The molecule has 0 radical (unpaired) electrons. The molecular formula is C37H57N5O6Si. The molecule has 3 N–H and O–H groups in total. The Bertz CT molecular complexity index is 1500. The minimum Gasteiger partial charge on any atom is -0.548 e. The molecule has 2 fully saturated rings. The van der Waals surface area contributed by atoms with Crippen LogP contribution < -0.4 is 20.8 Å². The van der Waals surface area contributed by atoms with E-state index in [1.165, 1.54) is 0 Å². The topological polar surface area (TPSA) is 131 Å². The molecule has 1 aromatic heterocycles. The normalized spacial score (nSPS) is 23.5. The molecule has 2 aliphatic heterocycles. The van der Waals surface area contributed by atoms with Crippen molar-refractivity contribution in [2.75, 3.05) is 13.7 Å². The Hall–Kier alpha value is -3.80. The Labute approximate surface area is 292 Å². The van der Waals surface area contributed by atoms with E-state index < -0.39 is 44.3 Å². The molecule has 49 heavy (non-hydrogen) atoms. The van der Waals surface area contributed by atoms with E-state index in [4.69, 9.17) is 9.26 Å². The Kier molecular flexibility index (Phi) is 13.4. The molecule has 2 aromatic rings. The van der Waals surface area contributed by atoms with Gasteiger partial charge < -0.3 is 30.1 Å². The fourth-order valence-corrected chi connectivity index (χ4v) is 7.83. The average molecular weight is 696 g/mol. The molecule has 0 bridgehead atoms. The summed E-state index contributed by atoms with van der Waals surface area (Å²) in [6.45, 7) is 12.8. The third-order valence-electron chi connectivity index (χ3n) is 9.69. The second-order valence-electron chi connectivity index (χ2n) is 14.5. The minimum atomic E-state index is -1.71. The van der Waals surface area contributed by atoms with Crippen LogP contribution in [0.1, 0.15) is 84.1 Å². The summed E-state index contributed by atoms with van der Waals surface area (Å²) in [6.07, 6.45) is 10.4. The van der Waals surface area contributed by atoms with E-state index in [-0.39, 0.29) is 24.2 Å². The molecule has 0 saturated carbocycles. The number of benzene rings is 1. The fraction of sp³-hybridized carbons (Fsp3) is 0.622. The van der Waals surface area contributed by atoms with Gasteiger partial charge in [0.05, 0.1) is 11.3 Å². The van der Waals surface area contributed by atoms with Crippen LogP contribution in [0, 0.1) is 5.92 Å². The van der Waals surface area contributed by atoms with E-state index in [9.17, 15) is 19.2 Å². The quantitative estimate of drug-likeness (QED) is 0.156. The summed E-state index contributed by atoms with van der Waals surface area (Å²) in [6, 6.07) is 4.35. The molecule has 2 saturated heterocycles. The van der Waals surface area contributed by atoms with Crippen LogP contribution in [0.25, 0.3) is 10.9 Å². The molecule has 0 spiro atoms. The SMILES string of the molecule is CC=C(CCCCC[C@@H]1NC(=O)[C@H]2CCCCN2C(=O)[C@H](C(C)CC)NC(=O)[C@H](Cc2cn(OC)c3ccccc23)NC1=O)O[Si](C)(C)C. The van der Waals surface area contributed by atoms with E-state index >= 15 is 0 Å². The van der Waals surface area contributed by atoms with Gasteiger partial charge >= 0.3 is 0 Å². The highest BCUT2D eigenvalue weighted by atomic mass is 28.4. The van der Waals surface area contributed by atoms with E-state index in [1.807, 2.05) is 57.3 Å². The Morgan fingerprint density at radius 3 is 2.39 bits per heavy atom. The van der Waals surface area contributed by atoms with Crippen LogP contribution in [-0.2, 0) is 30.0 Å². The van der Waals surface area contributed by atoms with Crippen LogP contribution in [-0.4, -0.2) is 79.4 Å². The summed E-state index contributed by atoms with van der Waals surface area (Å²) in [4.78, 5) is 63.4. The average Bonchev–Trinajstić information content (AvgIpc) is 3.44. The largest absolute Gasteiger partial charge is 0.548 e. The zero-order valence-corrected chi connectivity index (χ0v) is 31.5. The van der Waals surface area contributed by atoms with Gasteiger partial charge in [-0.1, -0.05) is 57.4 Å². The Morgan fingerprint density at radius 2 is 1.69 bits per heavy atom. The molecule has 0 aliphatic carbocycles. The third kappa shape index (κ3) is 9.89. The van der Waals surface area contributed by atoms with Gasteiger partial charge in [0, 0.05) is 31.0 Å². The van der Waals surface area contributed by atoms with Crippen molar-refractivity contribution in [3.05, 3.63) is 47.9 Å². The van der Waals surface area contributed by atoms with Crippen molar-refractivity contribution in [2.45, 2.75) is 129 Å². The zero-order valence-electron chi connectivity index (χ0n) is 30.5. The number of para-hydroxylation sites is 1. The highest BCUT2D eigenvalue weighted by Gasteiger charge is 2.41. The highest BCUT2D eigenvalue weighted by Crippen LogP contribution is 2.25. The lowest BCUT2D eigenvalue weighted by atomic mass is 9.93. The second-order valence-corrected chi connectivity index (χ2v) is 18.9. The van der Waals surface area contributed by atoms with Crippen LogP contribution >= 0.6 is 0 Å². The fourth-order valence-electron chi connectivity index (χ4n) is 6.83. The maximum Gasteiger partial charge on any atom is 0.246 e. The van der Waals surface area contributed by atoms with Crippen molar-refractivity contribution in [1.29, 1.82) is 0 Å². The van der Waals surface area contributed by atoms with E-state index in [1.54, 1.807) is 16.7 Å². The zero-order chi connectivity index (χ0) is 35.7. The van der Waals surface area contributed by atoms with Crippen molar-refractivity contribution in [1.82, 2.24) is 25.6 Å². The van der Waals surface area contributed by atoms with Crippen molar-refractivity contribution in [2.24, 2.45) is 5.92 Å². The van der Waals surface area contributed by atoms with Gasteiger partial charge in [-0.25, -0.2) is 0 Å². The standard InChI is InChI=1S/C37H57N5O6Si/c1-8-25(3)33-37(46)41-22-16-15-21-32(41)36(45)38-29(19-12-10-11-17-27(9-2)48-49(5,6)7)34(43)39-30(35(44)40-33)23-26-24-42(47-4)31-20-14-13-18-28(26)31/h9,13-14,18,20,24-25,29-30,32-33H,8,10-12,15-17,19,21-23H2,1-7H3,(H,38,45)(H,39,43)(H,40,44)/t25?,29-,30-,32+,33-/m0/s1. The first-order valence-electron chi connectivity index (χ1n) is 18.1. The first-order valence-corrected chi connectivity index (χ1v) is 21.5. The first kappa shape index (κ1) is 38.0. The van der Waals surface area contributed by atoms with Gasteiger partial charge in [-0.15, -0.1) is 0 Å². The second kappa shape index (κ2) is 17.2. The predicted octanol–water partition coefficient (Wildman–Crippen LogP) is 4.84. The van der Waals surface area contributed by atoms with Crippen molar-refractivity contribution in [3.63, 3.8) is 0 Å². The molecule has 4 rings (SSSR count). The number of aromatic nitrogens is 1. The van der Waals surface area contributed by atoms with Crippen LogP contribution in [0.3, 0.4) is 0 Å². The van der Waals surface area contributed by atoms with E-state index in [0.717, 1.165) is 54.3 Å². The van der Waals surface area contributed by atoms with Crippen molar-refractivity contribution in [3.8, 4) is 0 Å². The molecular weight excluding hydrogens is 639 g/mol. The predicted molar refractivity (Wildman–Crippen MR) is 194 cm³/mol. The maximum atomic E-state index is 14.2. The molecule has 5 atom stereocenters. The van der Waals surface area contributed by atoms with Gasteiger partial charge in [-0.3, -0.25) is 19.2 Å². The third-order valence-corrected chi connectivity index (χ3v) is 10.6. The molecule has 1 aromatic carbocycles. The van der Waals surface area contributed by atoms with Gasteiger partial charge in [-0.05, 0) is 76.2 Å².